The van der Waals surface area contributed by atoms with Crippen LogP contribution >= 0.6 is 0 Å². The molecule has 19 heavy (non-hydrogen) atoms. The largest absolute Gasteiger partial charge is 0.380 e. The lowest BCUT2D eigenvalue weighted by atomic mass is 10.00. The average molecular weight is 270 g/mol. The molecule has 1 saturated heterocycles. The van der Waals surface area contributed by atoms with Crippen molar-refractivity contribution >= 4 is 0 Å². The lowest BCUT2D eigenvalue weighted by Gasteiger charge is -2.37. The van der Waals surface area contributed by atoms with E-state index < -0.39 is 11.6 Å². The first kappa shape index (κ1) is 14.4. The number of methoxy groups -OCH3 is 1. The molecule has 3 nitrogen and oxygen atoms in total. The third-order valence-electron chi connectivity index (χ3n) is 3.73. The maximum atomic E-state index is 13.9. The van der Waals surface area contributed by atoms with Gasteiger partial charge < -0.3 is 10.5 Å². The van der Waals surface area contributed by atoms with Crippen LogP contribution in [0, 0.1) is 11.6 Å². The Morgan fingerprint density at radius 2 is 2.26 bits per heavy atom. The molecular formula is C14H20F2N2O. The van der Waals surface area contributed by atoms with Crippen LogP contribution in [0.25, 0.3) is 0 Å². The van der Waals surface area contributed by atoms with E-state index in [0.717, 1.165) is 32.0 Å². The summed E-state index contributed by atoms with van der Waals surface area (Å²) in [4.78, 5) is 2.12. The molecule has 2 unspecified atom stereocenters. The van der Waals surface area contributed by atoms with Crippen LogP contribution in [0.1, 0.15) is 24.4 Å². The van der Waals surface area contributed by atoms with Crippen LogP contribution in [0.2, 0.25) is 0 Å². The first-order valence-electron chi connectivity index (χ1n) is 6.57. The van der Waals surface area contributed by atoms with Crippen LogP contribution in [0.5, 0.6) is 0 Å². The Kier molecular flexibility index (Phi) is 4.85. The van der Waals surface area contributed by atoms with E-state index in [1.807, 2.05) is 0 Å². The van der Waals surface area contributed by atoms with Crippen molar-refractivity contribution in [2.24, 2.45) is 5.73 Å². The van der Waals surface area contributed by atoms with Crippen molar-refractivity contribution in [1.82, 2.24) is 4.90 Å². The van der Waals surface area contributed by atoms with Crippen molar-refractivity contribution in [3.63, 3.8) is 0 Å². The third kappa shape index (κ3) is 3.29. The first-order chi connectivity index (χ1) is 9.15. The molecule has 0 bridgehead atoms. The fraction of sp³-hybridized carbons (Fsp3) is 0.571. The maximum Gasteiger partial charge on any atom is 0.130 e. The van der Waals surface area contributed by atoms with Gasteiger partial charge in [-0.05, 0) is 25.5 Å². The highest BCUT2D eigenvalue weighted by molar-refractivity contribution is 5.23. The number of hydrogen-bond donors (Lipinski definition) is 1. The zero-order chi connectivity index (χ0) is 13.8. The molecule has 0 saturated carbocycles. The summed E-state index contributed by atoms with van der Waals surface area (Å²) in [6.45, 7) is 1.90. The van der Waals surface area contributed by atoms with E-state index in [1.165, 1.54) is 12.1 Å². The van der Waals surface area contributed by atoms with Gasteiger partial charge in [-0.3, -0.25) is 4.90 Å². The smallest absolute Gasteiger partial charge is 0.130 e. The highest BCUT2D eigenvalue weighted by atomic mass is 19.1. The van der Waals surface area contributed by atoms with Crippen LogP contribution in [0.15, 0.2) is 18.2 Å². The summed E-state index contributed by atoms with van der Waals surface area (Å²) in [5.74, 6) is -1.10. The van der Waals surface area contributed by atoms with Crippen LogP contribution in [0.4, 0.5) is 8.78 Å². The number of hydrogen-bond acceptors (Lipinski definition) is 3. The molecule has 1 heterocycles. The van der Waals surface area contributed by atoms with Gasteiger partial charge in [0.2, 0.25) is 0 Å². The number of likely N-dealkylation sites (tertiary alicyclic amines) is 1. The number of halogens is 2. The summed E-state index contributed by atoms with van der Waals surface area (Å²) in [5, 5.41) is 0. The minimum absolute atomic E-state index is 0.159. The zero-order valence-corrected chi connectivity index (χ0v) is 11.1. The predicted molar refractivity (Wildman–Crippen MR) is 69.8 cm³/mol. The standard InChI is InChI=1S/C14H20F2N2O/c1-19-11-3-2-6-18(9-11)14(8-17)12-5-4-10(15)7-13(12)16/h4-5,7,11,14H,2-3,6,8-9,17H2,1H3. The van der Waals surface area contributed by atoms with E-state index in [9.17, 15) is 8.78 Å². The van der Waals surface area contributed by atoms with Gasteiger partial charge in [0.15, 0.2) is 0 Å². The number of nitrogens with two attached hydrogens (primary N) is 1. The van der Waals surface area contributed by atoms with Crippen molar-refractivity contribution in [1.29, 1.82) is 0 Å². The monoisotopic (exact) mass is 270 g/mol. The van der Waals surface area contributed by atoms with E-state index >= 15 is 0 Å². The topological polar surface area (TPSA) is 38.5 Å². The molecule has 2 rings (SSSR count). The molecule has 1 aromatic carbocycles. The molecule has 0 amide bonds. The van der Waals surface area contributed by atoms with Crippen molar-refractivity contribution < 1.29 is 13.5 Å². The number of ether oxygens (including phenoxy) is 1. The Hall–Kier alpha value is -1.04. The highest BCUT2D eigenvalue weighted by Crippen LogP contribution is 2.26. The molecule has 0 aromatic heterocycles. The van der Waals surface area contributed by atoms with Crippen LogP contribution in [-0.4, -0.2) is 37.7 Å². The highest BCUT2D eigenvalue weighted by Gasteiger charge is 2.27. The molecule has 0 radical (unpaired) electrons. The molecule has 5 heteroatoms. The summed E-state index contributed by atoms with van der Waals surface area (Å²) in [6.07, 6.45) is 2.17. The fourth-order valence-electron chi connectivity index (χ4n) is 2.69. The Labute approximate surface area is 112 Å². The first-order valence-corrected chi connectivity index (χ1v) is 6.57. The third-order valence-corrected chi connectivity index (χ3v) is 3.73. The van der Waals surface area contributed by atoms with E-state index in [0.29, 0.717) is 12.1 Å². The van der Waals surface area contributed by atoms with Crippen LogP contribution < -0.4 is 5.73 Å². The Bertz CT molecular complexity index is 428. The van der Waals surface area contributed by atoms with Gasteiger partial charge in [-0.25, -0.2) is 8.78 Å². The van der Waals surface area contributed by atoms with Gasteiger partial charge in [0, 0.05) is 31.8 Å². The summed E-state index contributed by atoms with van der Waals surface area (Å²) >= 11 is 0. The number of rotatable bonds is 4. The Morgan fingerprint density at radius 3 is 2.89 bits per heavy atom. The van der Waals surface area contributed by atoms with Crippen LogP contribution in [0.3, 0.4) is 0 Å². The second-order valence-electron chi connectivity index (χ2n) is 4.91. The normalized spacial score (nSPS) is 22.4. The van der Waals surface area contributed by atoms with E-state index in [4.69, 9.17) is 10.5 Å². The fourth-order valence-corrected chi connectivity index (χ4v) is 2.69. The molecule has 2 N–H and O–H groups in total. The molecule has 0 spiro atoms. The summed E-state index contributed by atoms with van der Waals surface area (Å²) in [5.41, 5.74) is 6.25. The molecule has 2 atom stereocenters. The lowest BCUT2D eigenvalue weighted by molar-refractivity contribution is 0.0149. The Balaban J connectivity index is 2.19. The van der Waals surface area contributed by atoms with Gasteiger partial charge in [-0.2, -0.15) is 0 Å². The molecule has 1 aromatic rings. The predicted octanol–water partition coefficient (Wildman–Crippen LogP) is 2.08. The minimum atomic E-state index is -0.564. The van der Waals surface area contributed by atoms with Gasteiger partial charge in [0.1, 0.15) is 11.6 Å². The molecule has 1 fully saturated rings. The number of nitrogens with zero attached hydrogens (tertiary/aromatic N) is 1. The number of benzene rings is 1. The van der Waals surface area contributed by atoms with E-state index in [2.05, 4.69) is 4.90 Å². The van der Waals surface area contributed by atoms with Gasteiger partial charge in [-0.1, -0.05) is 6.07 Å². The Morgan fingerprint density at radius 1 is 1.47 bits per heavy atom. The van der Waals surface area contributed by atoms with Gasteiger partial charge in [0.25, 0.3) is 0 Å². The SMILES string of the molecule is COC1CCCN(C(CN)c2ccc(F)cc2F)C1. The minimum Gasteiger partial charge on any atom is -0.380 e. The van der Waals surface area contributed by atoms with Crippen LogP contribution in [-0.2, 0) is 4.74 Å². The second-order valence-corrected chi connectivity index (χ2v) is 4.91. The zero-order valence-electron chi connectivity index (χ0n) is 11.1. The van der Waals surface area contributed by atoms with Crippen molar-refractivity contribution in [2.45, 2.75) is 25.0 Å². The van der Waals surface area contributed by atoms with Gasteiger partial charge >= 0.3 is 0 Å². The van der Waals surface area contributed by atoms with Crippen molar-refractivity contribution in [3.8, 4) is 0 Å². The molecule has 1 aliphatic heterocycles. The maximum absolute atomic E-state index is 13.9. The van der Waals surface area contributed by atoms with Crippen molar-refractivity contribution in [2.75, 3.05) is 26.7 Å². The van der Waals surface area contributed by atoms with E-state index in [1.54, 1.807) is 7.11 Å². The molecule has 1 aliphatic rings. The average Bonchev–Trinajstić information content (AvgIpc) is 2.42. The summed E-state index contributed by atoms with van der Waals surface area (Å²) < 4.78 is 32.2. The lowest BCUT2D eigenvalue weighted by Crippen LogP contribution is -2.44. The van der Waals surface area contributed by atoms with E-state index in [-0.39, 0.29) is 12.1 Å². The quantitative estimate of drug-likeness (QED) is 0.910. The summed E-state index contributed by atoms with van der Waals surface area (Å²) in [6, 6.07) is 3.45. The van der Waals surface area contributed by atoms with Gasteiger partial charge in [-0.15, -0.1) is 0 Å². The molecule has 106 valence electrons. The second kappa shape index (κ2) is 6.41. The molecule has 0 aliphatic carbocycles. The van der Waals surface area contributed by atoms with Gasteiger partial charge in [0.05, 0.1) is 12.1 Å². The summed E-state index contributed by atoms with van der Waals surface area (Å²) in [7, 11) is 1.68. The van der Waals surface area contributed by atoms with Crippen molar-refractivity contribution in [3.05, 3.63) is 35.4 Å². The molecular weight excluding hydrogens is 250 g/mol. The number of piperidine rings is 1.